The molecule has 0 aliphatic rings. The van der Waals surface area contributed by atoms with E-state index in [1.165, 1.54) is 0 Å². The van der Waals surface area contributed by atoms with Crippen LogP contribution in [0.3, 0.4) is 0 Å². The van der Waals surface area contributed by atoms with Crippen molar-refractivity contribution in [3.05, 3.63) is 47.5 Å². The fourth-order valence-corrected chi connectivity index (χ4v) is 2.98. The Hall–Kier alpha value is -2.89. The Labute approximate surface area is 159 Å². The maximum absolute atomic E-state index is 11.7. The minimum absolute atomic E-state index is 0.420. The van der Waals surface area contributed by atoms with Crippen molar-refractivity contribution in [2.75, 3.05) is 28.4 Å². The van der Waals surface area contributed by atoms with Gasteiger partial charge in [0.15, 0.2) is 23.0 Å². The Kier molecular flexibility index (Phi) is 7.34. The molecular formula is C21H26O6. The van der Waals surface area contributed by atoms with Gasteiger partial charge in [0.1, 0.15) is 0 Å². The number of rotatable bonds is 10. The molecule has 0 saturated heterocycles. The number of carboxylic acids is 1. The molecule has 27 heavy (non-hydrogen) atoms. The molecule has 0 bridgehead atoms. The smallest absolute Gasteiger partial charge is 0.306 e. The summed E-state index contributed by atoms with van der Waals surface area (Å²) in [5.41, 5.74) is 1.90. The average molecular weight is 374 g/mol. The van der Waals surface area contributed by atoms with Crippen molar-refractivity contribution >= 4 is 5.97 Å². The highest BCUT2D eigenvalue weighted by Gasteiger charge is 2.19. The monoisotopic (exact) mass is 374 g/mol. The van der Waals surface area contributed by atoms with E-state index in [1.807, 2.05) is 30.3 Å². The summed E-state index contributed by atoms with van der Waals surface area (Å²) in [7, 11) is 6.30. The number of carboxylic acid groups (broad SMARTS) is 1. The van der Waals surface area contributed by atoms with E-state index >= 15 is 0 Å². The van der Waals surface area contributed by atoms with Crippen LogP contribution in [0, 0.1) is 5.92 Å². The molecule has 0 aliphatic carbocycles. The lowest BCUT2D eigenvalue weighted by Crippen LogP contribution is -2.17. The van der Waals surface area contributed by atoms with Crippen LogP contribution in [-0.4, -0.2) is 39.5 Å². The topological polar surface area (TPSA) is 74.2 Å². The SMILES string of the molecule is COc1ccc(CCC(Cc2ccc(OC)c(OC)c2)C(=O)O)cc1OC. The highest BCUT2D eigenvalue weighted by Crippen LogP contribution is 2.30. The number of ether oxygens (including phenoxy) is 4. The molecule has 0 heterocycles. The van der Waals surface area contributed by atoms with Crippen LogP contribution in [0.1, 0.15) is 17.5 Å². The maximum atomic E-state index is 11.7. The Morgan fingerprint density at radius 2 is 1.30 bits per heavy atom. The average Bonchev–Trinajstić information content (AvgIpc) is 2.70. The van der Waals surface area contributed by atoms with Crippen molar-refractivity contribution in [1.82, 2.24) is 0 Å². The van der Waals surface area contributed by atoms with Crippen LogP contribution >= 0.6 is 0 Å². The van der Waals surface area contributed by atoms with E-state index in [9.17, 15) is 9.90 Å². The van der Waals surface area contributed by atoms with Gasteiger partial charge in [-0.15, -0.1) is 0 Å². The summed E-state index contributed by atoms with van der Waals surface area (Å²) in [4.78, 5) is 11.7. The molecule has 146 valence electrons. The van der Waals surface area contributed by atoms with Crippen molar-refractivity contribution in [3.63, 3.8) is 0 Å². The third kappa shape index (κ3) is 5.29. The predicted molar refractivity (Wildman–Crippen MR) is 102 cm³/mol. The Morgan fingerprint density at radius 3 is 1.78 bits per heavy atom. The third-order valence-electron chi connectivity index (χ3n) is 4.51. The van der Waals surface area contributed by atoms with Crippen LogP contribution in [-0.2, 0) is 17.6 Å². The van der Waals surface area contributed by atoms with E-state index in [2.05, 4.69) is 0 Å². The first-order valence-electron chi connectivity index (χ1n) is 8.67. The molecule has 6 heteroatoms. The van der Waals surface area contributed by atoms with Crippen molar-refractivity contribution in [1.29, 1.82) is 0 Å². The van der Waals surface area contributed by atoms with E-state index in [-0.39, 0.29) is 0 Å². The van der Waals surface area contributed by atoms with Gasteiger partial charge in [0.25, 0.3) is 0 Å². The Bertz CT molecular complexity index is 771. The van der Waals surface area contributed by atoms with Crippen molar-refractivity contribution in [2.45, 2.75) is 19.3 Å². The van der Waals surface area contributed by atoms with Gasteiger partial charge in [-0.3, -0.25) is 4.79 Å². The highest BCUT2D eigenvalue weighted by molar-refractivity contribution is 5.70. The lowest BCUT2D eigenvalue weighted by atomic mass is 9.92. The van der Waals surface area contributed by atoms with E-state index < -0.39 is 11.9 Å². The zero-order valence-electron chi connectivity index (χ0n) is 16.2. The van der Waals surface area contributed by atoms with Crippen LogP contribution in [0.5, 0.6) is 23.0 Å². The fourth-order valence-electron chi connectivity index (χ4n) is 2.98. The van der Waals surface area contributed by atoms with E-state index in [0.717, 1.165) is 11.1 Å². The van der Waals surface area contributed by atoms with Gasteiger partial charge in [0.05, 0.1) is 34.4 Å². The van der Waals surface area contributed by atoms with E-state index in [1.54, 1.807) is 34.5 Å². The molecule has 2 aromatic carbocycles. The largest absolute Gasteiger partial charge is 0.493 e. The van der Waals surface area contributed by atoms with Crippen molar-refractivity contribution in [3.8, 4) is 23.0 Å². The molecule has 6 nitrogen and oxygen atoms in total. The lowest BCUT2D eigenvalue weighted by Gasteiger charge is -2.15. The number of carbonyl (C=O) groups is 1. The summed E-state index contributed by atoms with van der Waals surface area (Å²) in [6, 6.07) is 11.1. The molecule has 0 aromatic heterocycles. The summed E-state index contributed by atoms with van der Waals surface area (Å²) < 4.78 is 21.1. The van der Waals surface area contributed by atoms with Crippen LogP contribution in [0.25, 0.3) is 0 Å². The van der Waals surface area contributed by atoms with Gasteiger partial charge in [-0.25, -0.2) is 0 Å². The van der Waals surface area contributed by atoms with Gasteiger partial charge in [0.2, 0.25) is 0 Å². The first-order valence-corrected chi connectivity index (χ1v) is 8.67. The second-order valence-electron chi connectivity index (χ2n) is 6.16. The lowest BCUT2D eigenvalue weighted by molar-refractivity contribution is -0.141. The van der Waals surface area contributed by atoms with E-state index in [4.69, 9.17) is 18.9 Å². The molecule has 0 radical (unpaired) electrons. The number of benzene rings is 2. The second-order valence-corrected chi connectivity index (χ2v) is 6.16. The first-order chi connectivity index (χ1) is 13.0. The zero-order chi connectivity index (χ0) is 19.8. The van der Waals surface area contributed by atoms with E-state index in [0.29, 0.717) is 42.3 Å². The van der Waals surface area contributed by atoms with Crippen LogP contribution in [0.15, 0.2) is 36.4 Å². The van der Waals surface area contributed by atoms with Crippen LogP contribution < -0.4 is 18.9 Å². The number of aryl methyl sites for hydroxylation is 1. The molecule has 0 fully saturated rings. The summed E-state index contributed by atoms with van der Waals surface area (Å²) in [6.45, 7) is 0. The summed E-state index contributed by atoms with van der Waals surface area (Å²) >= 11 is 0. The summed E-state index contributed by atoms with van der Waals surface area (Å²) in [6.07, 6.45) is 1.56. The number of hydrogen-bond donors (Lipinski definition) is 1. The van der Waals surface area contributed by atoms with Crippen LogP contribution in [0.4, 0.5) is 0 Å². The molecule has 1 unspecified atom stereocenters. The fraction of sp³-hybridized carbons (Fsp3) is 0.381. The van der Waals surface area contributed by atoms with Crippen molar-refractivity contribution < 1.29 is 28.8 Å². The minimum Gasteiger partial charge on any atom is -0.493 e. The molecule has 0 saturated carbocycles. The Balaban J connectivity index is 2.09. The predicted octanol–water partition coefficient (Wildman–Crippen LogP) is 3.60. The number of hydrogen-bond acceptors (Lipinski definition) is 5. The minimum atomic E-state index is -0.815. The molecule has 2 aromatic rings. The quantitative estimate of drug-likeness (QED) is 0.685. The molecule has 2 rings (SSSR count). The van der Waals surface area contributed by atoms with Gasteiger partial charge in [-0.05, 0) is 54.7 Å². The van der Waals surface area contributed by atoms with Gasteiger partial charge in [-0.1, -0.05) is 12.1 Å². The zero-order valence-corrected chi connectivity index (χ0v) is 16.2. The van der Waals surface area contributed by atoms with Gasteiger partial charge in [-0.2, -0.15) is 0 Å². The molecule has 0 amide bonds. The standard InChI is InChI=1S/C21H26O6/c1-24-17-9-6-14(12-19(17)26-3)5-8-16(21(22)23)11-15-7-10-18(25-2)20(13-15)27-4/h6-7,9-10,12-13,16H,5,8,11H2,1-4H3,(H,22,23). The van der Waals surface area contributed by atoms with Crippen LogP contribution in [0.2, 0.25) is 0 Å². The molecule has 1 N–H and O–H groups in total. The second kappa shape index (κ2) is 9.71. The molecular weight excluding hydrogens is 348 g/mol. The van der Waals surface area contributed by atoms with Crippen molar-refractivity contribution in [2.24, 2.45) is 5.92 Å². The van der Waals surface area contributed by atoms with Gasteiger partial charge >= 0.3 is 5.97 Å². The first kappa shape index (κ1) is 20.4. The number of aliphatic carboxylic acids is 1. The maximum Gasteiger partial charge on any atom is 0.306 e. The highest BCUT2D eigenvalue weighted by atomic mass is 16.5. The normalized spacial score (nSPS) is 11.6. The Morgan fingerprint density at radius 1 is 0.815 bits per heavy atom. The van der Waals surface area contributed by atoms with Gasteiger partial charge < -0.3 is 24.1 Å². The molecule has 0 spiro atoms. The summed E-state index contributed by atoms with van der Waals surface area (Å²) in [5.74, 6) is 1.20. The third-order valence-corrected chi connectivity index (χ3v) is 4.51. The molecule has 0 aliphatic heterocycles. The van der Waals surface area contributed by atoms with Gasteiger partial charge in [0, 0.05) is 0 Å². The summed E-state index contributed by atoms with van der Waals surface area (Å²) in [5, 5.41) is 9.62. The molecule has 1 atom stereocenters. The number of methoxy groups -OCH3 is 4.